The number of hydrogen-bond donors (Lipinski definition) is 2. The standard InChI is InChI=1S/C32H32F2N6O5/c1-32(18-33,19-34)28-17-29(40(39-28)22-9-5-4-6-10-22)38-31(41)37-21-8-7-11-23(14-21)45-30-24-15-26(43-3)27(44-13-12-42-2)16-25(24)35-20-36-30/h4-11,14-17,20H,12-13,18-19H2,1-3H3,(H2,37,38,41). The Morgan fingerprint density at radius 2 is 1.71 bits per heavy atom. The molecule has 0 atom stereocenters. The van der Waals surface area contributed by atoms with E-state index >= 15 is 0 Å². The van der Waals surface area contributed by atoms with Crippen LogP contribution in [0.4, 0.5) is 25.1 Å². The first-order valence-corrected chi connectivity index (χ1v) is 14.0. The Labute approximate surface area is 258 Å². The van der Waals surface area contributed by atoms with Crippen LogP contribution in [0.3, 0.4) is 0 Å². The molecule has 5 rings (SSSR count). The summed E-state index contributed by atoms with van der Waals surface area (Å²) in [6, 6.07) is 20.0. The number of hydrogen-bond acceptors (Lipinski definition) is 8. The summed E-state index contributed by atoms with van der Waals surface area (Å²) in [6.07, 6.45) is 1.37. The SMILES string of the molecule is COCCOc1cc2ncnc(Oc3cccc(NC(=O)Nc4cc(C(C)(CF)CF)nn4-c4ccccc4)c3)c2cc1OC. The molecule has 2 heterocycles. The number of carbonyl (C=O) groups is 1. The van der Waals surface area contributed by atoms with Crippen molar-refractivity contribution in [3.8, 4) is 28.8 Å². The van der Waals surface area contributed by atoms with Gasteiger partial charge in [-0.25, -0.2) is 28.2 Å². The third-order valence-corrected chi connectivity index (χ3v) is 6.90. The number of urea groups is 1. The van der Waals surface area contributed by atoms with Crippen molar-refractivity contribution >= 4 is 28.4 Å². The van der Waals surface area contributed by atoms with Crippen molar-refractivity contribution in [3.63, 3.8) is 0 Å². The molecule has 5 aromatic rings. The van der Waals surface area contributed by atoms with E-state index in [4.69, 9.17) is 18.9 Å². The number of fused-ring (bicyclic) bond motifs is 1. The summed E-state index contributed by atoms with van der Waals surface area (Å²) in [5.41, 5.74) is 0.319. The highest BCUT2D eigenvalue weighted by Crippen LogP contribution is 2.36. The van der Waals surface area contributed by atoms with Gasteiger partial charge >= 0.3 is 6.03 Å². The molecule has 0 saturated heterocycles. The van der Waals surface area contributed by atoms with E-state index in [2.05, 4.69) is 25.7 Å². The van der Waals surface area contributed by atoms with Crippen molar-refractivity contribution in [2.75, 3.05) is 51.4 Å². The Bertz CT molecular complexity index is 1760. The van der Waals surface area contributed by atoms with E-state index in [0.717, 1.165) is 0 Å². The predicted octanol–water partition coefficient (Wildman–Crippen LogP) is 6.48. The number of nitrogens with zero attached hydrogens (tertiary/aromatic N) is 4. The monoisotopic (exact) mass is 618 g/mol. The smallest absolute Gasteiger partial charge is 0.324 e. The molecule has 234 valence electrons. The van der Waals surface area contributed by atoms with Crippen LogP contribution in [0, 0.1) is 0 Å². The minimum atomic E-state index is -1.45. The van der Waals surface area contributed by atoms with Gasteiger partial charge in [0.25, 0.3) is 0 Å². The van der Waals surface area contributed by atoms with Gasteiger partial charge in [-0.15, -0.1) is 0 Å². The molecular formula is C32H32F2N6O5. The summed E-state index contributed by atoms with van der Waals surface area (Å²) < 4.78 is 51.4. The Morgan fingerprint density at radius 3 is 2.44 bits per heavy atom. The largest absolute Gasteiger partial charge is 0.493 e. The average molecular weight is 619 g/mol. The Balaban J connectivity index is 1.35. The number of carbonyl (C=O) groups excluding carboxylic acids is 1. The van der Waals surface area contributed by atoms with Gasteiger partial charge in [0.05, 0.1) is 41.4 Å². The first-order chi connectivity index (χ1) is 21.9. The van der Waals surface area contributed by atoms with Crippen molar-refractivity contribution in [1.29, 1.82) is 0 Å². The van der Waals surface area contributed by atoms with Gasteiger partial charge < -0.3 is 24.3 Å². The van der Waals surface area contributed by atoms with E-state index in [1.54, 1.807) is 67.8 Å². The number of aromatic nitrogens is 4. The fourth-order valence-corrected chi connectivity index (χ4v) is 4.36. The predicted molar refractivity (Wildman–Crippen MR) is 165 cm³/mol. The number of amides is 2. The number of nitrogens with one attached hydrogen (secondary N) is 2. The third kappa shape index (κ3) is 7.10. The molecule has 3 aromatic carbocycles. The number of methoxy groups -OCH3 is 2. The second kappa shape index (κ2) is 14.0. The van der Waals surface area contributed by atoms with E-state index in [1.807, 2.05) is 6.07 Å². The fourth-order valence-electron chi connectivity index (χ4n) is 4.36. The van der Waals surface area contributed by atoms with Crippen molar-refractivity contribution < 1.29 is 32.5 Å². The molecule has 0 radical (unpaired) electrons. The second-order valence-electron chi connectivity index (χ2n) is 10.2. The fraction of sp³-hybridized carbons (Fsp3) is 0.250. The molecule has 2 N–H and O–H groups in total. The van der Waals surface area contributed by atoms with Gasteiger partial charge in [0.2, 0.25) is 5.88 Å². The molecule has 0 aliphatic carbocycles. The van der Waals surface area contributed by atoms with Gasteiger partial charge in [-0.3, -0.25) is 5.32 Å². The quantitative estimate of drug-likeness (QED) is 0.144. The van der Waals surface area contributed by atoms with Crippen molar-refractivity contribution in [1.82, 2.24) is 19.7 Å². The lowest BCUT2D eigenvalue weighted by Crippen LogP contribution is -2.28. The third-order valence-electron chi connectivity index (χ3n) is 6.90. The number of anilines is 2. The molecule has 2 amide bonds. The van der Waals surface area contributed by atoms with E-state index < -0.39 is 24.8 Å². The van der Waals surface area contributed by atoms with Gasteiger partial charge in [-0.2, -0.15) is 5.10 Å². The molecule has 0 fully saturated rings. The number of benzene rings is 3. The van der Waals surface area contributed by atoms with Gasteiger partial charge in [-0.1, -0.05) is 24.3 Å². The van der Waals surface area contributed by atoms with Crippen LogP contribution in [0.1, 0.15) is 12.6 Å². The molecule has 2 aromatic heterocycles. The molecular weight excluding hydrogens is 586 g/mol. The van der Waals surface area contributed by atoms with E-state index in [9.17, 15) is 13.6 Å². The lowest BCUT2D eigenvalue weighted by atomic mass is 9.90. The number of ether oxygens (including phenoxy) is 4. The molecule has 0 aliphatic rings. The normalized spacial score (nSPS) is 11.3. The zero-order valence-electron chi connectivity index (χ0n) is 24.9. The first kappa shape index (κ1) is 31.1. The van der Waals surface area contributed by atoms with E-state index in [-0.39, 0.29) is 17.4 Å². The maximum Gasteiger partial charge on any atom is 0.324 e. The summed E-state index contributed by atoms with van der Waals surface area (Å²) in [5, 5.41) is 10.5. The summed E-state index contributed by atoms with van der Waals surface area (Å²) in [7, 11) is 3.12. The van der Waals surface area contributed by atoms with Crippen LogP contribution in [0.5, 0.6) is 23.1 Å². The van der Waals surface area contributed by atoms with Gasteiger partial charge in [0.1, 0.15) is 37.9 Å². The maximum atomic E-state index is 13.8. The number of alkyl halides is 2. The van der Waals surface area contributed by atoms with Crippen LogP contribution >= 0.6 is 0 Å². The minimum absolute atomic E-state index is 0.171. The molecule has 0 aliphatic heterocycles. The van der Waals surface area contributed by atoms with Crippen molar-refractivity contribution in [3.05, 3.63) is 84.8 Å². The highest BCUT2D eigenvalue weighted by atomic mass is 19.1. The molecule has 11 nitrogen and oxygen atoms in total. The maximum absolute atomic E-state index is 13.8. The van der Waals surface area contributed by atoms with Crippen LogP contribution in [-0.2, 0) is 10.2 Å². The lowest BCUT2D eigenvalue weighted by molar-refractivity contribution is 0.144. The van der Waals surface area contributed by atoms with Gasteiger partial charge in [-0.05, 0) is 37.3 Å². The summed E-state index contributed by atoms with van der Waals surface area (Å²) in [4.78, 5) is 21.7. The van der Waals surface area contributed by atoms with Gasteiger partial charge in [0, 0.05) is 31.0 Å². The van der Waals surface area contributed by atoms with Crippen LogP contribution in [0.15, 0.2) is 79.1 Å². The molecule has 13 heteroatoms. The first-order valence-electron chi connectivity index (χ1n) is 14.0. The summed E-state index contributed by atoms with van der Waals surface area (Å²) >= 11 is 0. The van der Waals surface area contributed by atoms with E-state index in [1.165, 1.54) is 31.1 Å². The van der Waals surface area contributed by atoms with Crippen LogP contribution in [0.25, 0.3) is 16.6 Å². The van der Waals surface area contributed by atoms with Crippen molar-refractivity contribution in [2.45, 2.75) is 12.3 Å². The number of halogens is 2. The highest BCUT2D eigenvalue weighted by molar-refractivity contribution is 5.99. The zero-order chi connectivity index (χ0) is 31.8. The highest BCUT2D eigenvalue weighted by Gasteiger charge is 2.31. The Kier molecular flexibility index (Phi) is 9.68. The Hall–Kier alpha value is -5.30. The summed E-state index contributed by atoms with van der Waals surface area (Å²) in [5.74, 6) is 1.88. The topological polar surface area (TPSA) is 122 Å². The van der Waals surface area contributed by atoms with Crippen LogP contribution < -0.4 is 24.8 Å². The minimum Gasteiger partial charge on any atom is -0.493 e. The molecule has 45 heavy (non-hydrogen) atoms. The second-order valence-corrected chi connectivity index (χ2v) is 10.2. The number of para-hydroxylation sites is 1. The molecule has 0 unspecified atom stereocenters. The van der Waals surface area contributed by atoms with Crippen LogP contribution in [0.2, 0.25) is 0 Å². The molecule has 0 spiro atoms. The van der Waals surface area contributed by atoms with Gasteiger partial charge in [0.15, 0.2) is 11.5 Å². The van der Waals surface area contributed by atoms with E-state index in [0.29, 0.717) is 52.7 Å². The zero-order valence-corrected chi connectivity index (χ0v) is 24.9. The Morgan fingerprint density at radius 1 is 0.911 bits per heavy atom. The molecule has 0 saturated carbocycles. The average Bonchev–Trinajstić information content (AvgIpc) is 3.49. The molecule has 0 bridgehead atoms. The number of rotatable bonds is 13. The lowest BCUT2D eigenvalue weighted by Gasteiger charge is -2.19. The summed E-state index contributed by atoms with van der Waals surface area (Å²) in [6.45, 7) is 0.283. The van der Waals surface area contributed by atoms with Crippen LogP contribution in [-0.4, -0.2) is 66.6 Å². The van der Waals surface area contributed by atoms with Crippen molar-refractivity contribution in [2.24, 2.45) is 0 Å².